The number of aromatic nitrogens is 2. The molecule has 6 heteroatoms. The van der Waals surface area contributed by atoms with Gasteiger partial charge in [-0.25, -0.2) is 14.8 Å². The molecule has 2 aliphatic carbocycles. The van der Waals surface area contributed by atoms with Crippen LogP contribution in [0.15, 0.2) is 18.5 Å². The van der Waals surface area contributed by atoms with Crippen LogP contribution in [-0.2, 0) is 0 Å². The van der Waals surface area contributed by atoms with Gasteiger partial charge in [0.05, 0.1) is 0 Å². The number of rotatable bonds is 4. The zero-order valence-corrected chi connectivity index (χ0v) is 13.5. The normalized spacial score (nSPS) is 25.6. The number of hydrogen-bond acceptors (Lipinski definition) is 4. The predicted molar refractivity (Wildman–Crippen MR) is 87.2 cm³/mol. The maximum absolute atomic E-state index is 12.1. The Hall–Kier alpha value is -1.85. The van der Waals surface area contributed by atoms with Crippen molar-refractivity contribution in [1.29, 1.82) is 0 Å². The van der Waals surface area contributed by atoms with Crippen molar-refractivity contribution in [3.8, 4) is 6.01 Å². The van der Waals surface area contributed by atoms with Gasteiger partial charge in [-0.1, -0.05) is 19.3 Å². The fraction of sp³-hybridized carbons (Fsp3) is 0.706. The van der Waals surface area contributed by atoms with Gasteiger partial charge in [-0.15, -0.1) is 0 Å². The predicted octanol–water partition coefficient (Wildman–Crippen LogP) is 2.80. The number of amides is 2. The molecule has 23 heavy (non-hydrogen) atoms. The molecule has 3 rings (SSSR count). The van der Waals surface area contributed by atoms with Gasteiger partial charge >= 0.3 is 12.0 Å². The van der Waals surface area contributed by atoms with E-state index in [0.717, 1.165) is 38.5 Å². The summed E-state index contributed by atoms with van der Waals surface area (Å²) in [6, 6.07) is 2.82. The number of ether oxygens (including phenoxy) is 1. The second kappa shape index (κ2) is 8.13. The highest BCUT2D eigenvalue weighted by molar-refractivity contribution is 5.74. The van der Waals surface area contributed by atoms with E-state index in [2.05, 4.69) is 20.6 Å². The van der Waals surface area contributed by atoms with E-state index < -0.39 is 0 Å². The molecule has 0 saturated heterocycles. The van der Waals surface area contributed by atoms with Crippen LogP contribution >= 0.6 is 0 Å². The number of carbonyl (C=O) groups is 1. The van der Waals surface area contributed by atoms with Gasteiger partial charge in [0.15, 0.2) is 0 Å². The quantitative estimate of drug-likeness (QED) is 0.895. The molecule has 2 aliphatic rings. The van der Waals surface area contributed by atoms with Crippen LogP contribution in [0.4, 0.5) is 4.79 Å². The monoisotopic (exact) mass is 318 g/mol. The molecule has 0 aromatic carbocycles. The summed E-state index contributed by atoms with van der Waals surface area (Å²) in [6.07, 6.45) is 13.2. The van der Waals surface area contributed by atoms with Gasteiger partial charge < -0.3 is 15.4 Å². The van der Waals surface area contributed by atoms with Crippen molar-refractivity contribution in [3.05, 3.63) is 18.5 Å². The van der Waals surface area contributed by atoms with Crippen molar-refractivity contribution in [3.63, 3.8) is 0 Å². The molecule has 0 aliphatic heterocycles. The fourth-order valence-corrected chi connectivity index (χ4v) is 3.48. The van der Waals surface area contributed by atoms with Crippen LogP contribution in [-0.4, -0.2) is 34.2 Å². The first-order chi connectivity index (χ1) is 11.3. The SMILES string of the molecule is O=C(NC1CCCCC1)NC1CCC(Oc2ncccn2)CC1. The minimum absolute atomic E-state index is 0.00680. The van der Waals surface area contributed by atoms with E-state index >= 15 is 0 Å². The third-order valence-corrected chi connectivity index (χ3v) is 4.76. The van der Waals surface area contributed by atoms with Crippen LogP contribution in [0.3, 0.4) is 0 Å². The third kappa shape index (κ3) is 5.08. The Morgan fingerprint density at radius 3 is 2.17 bits per heavy atom. The summed E-state index contributed by atoms with van der Waals surface area (Å²) in [4.78, 5) is 20.3. The maximum Gasteiger partial charge on any atom is 0.316 e. The Bertz CT molecular complexity index is 483. The van der Waals surface area contributed by atoms with Crippen molar-refractivity contribution in [2.24, 2.45) is 0 Å². The molecular weight excluding hydrogens is 292 g/mol. The fourth-order valence-electron chi connectivity index (χ4n) is 3.48. The lowest BCUT2D eigenvalue weighted by atomic mass is 9.93. The van der Waals surface area contributed by atoms with Gasteiger partial charge in [-0.05, 0) is 44.6 Å². The van der Waals surface area contributed by atoms with Crippen LogP contribution < -0.4 is 15.4 Å². The van der Waals surface area contributed by atoms with Gasteiger partial charge in [0.2, 0.25) is 0 Å². The highest BCUT2D eigenvalue weighted by Crippen LogP contribution is 2.22. The zero-order chi connectivity index (χ0) is 15.9. The average Bonchev–Trinajstić information content (AvgIpc) is 2.58. The molecule has 6 nitrogen and oxygen atoms in total. The second-order valence-corrected chi connectivity index (χ2v) is 6.58. The van der Waals surface area contributed by atoms with E-state index in [1.54, 1.807) is 18.5 Å². The molecular formula is C17H26N4O2. The topological polar surface area (TPSA) is 76.1 Å². The summed E-state index contributed by atoms with van der Waals surface area (Å²) < 4.78 is 5.78. The number of carbonyl (C=O) groups excluding carboxylic acids is 1. The molecule has 2 N–H and O–H groups in total. The zero-order valence-electron chi connectivity index (χ0n) is 13.5. The van der Waals surface area contributed by atoms with E-state index in [1.165, 1.54) is 19.3 Å². The molecule has 0 spiro atoms. The lowest BCUT2D eigenvalue weighted by molar-refractivity contribution is 0.128. The van der Waals surface area contributed by atoms with E-state index in [-0.39, 0.29) is 18.2 Å². The van der Waals surface area contributed by atoms with Gasteiger partial charge in [0.1, 0.15) is 6.10 Å². The van der Waals surface area contributed by atoms with Crippen molar-refractivity contribution < 1.29 is 9.53 Å². The Kier molecular flexibility index (Phi) is 5.66. The number of urea groups is 1. The molecule has 126 valence electrons. The molecule has 1 aromatic heterocycles. The number of nitrogens with one attached hydrogen (secondary N) is 2. The van der Waals surface area contributed by atoms with Crippen LogP contribution in [0, 0.1) is 0 Å². The Labute approximate surface area is 137 Å². The Morgan fingerprint density at radius 1 is 0.913 bits per heavy atom. The molecule has 1 aromatic rings. The van der Waals surface area contributed by atoms with E-state index in [9.17, 15) is 4.79 Å². The summed E-state index contributed by atoms with van der Waals surface area (Å²) in [7, 11) is 0. The van der Waals surface area contributed by atoms with E-state index in [4.69, 9.17) is 4.74 Å². The summed E-state index contributed by atoms with van der Waals surface area (Å²) in [5.41, 5.74) is 0. The minimum atomic E-state index is -0.00680. The highest BCUT2D eigenvalue weighted by Gasteiger charge is 2.25. The average molecular weight is 318 g/mol. The largest absolute Gasteiger partial charge is 0.460 e. The second-order valence-electron chi connectivity index (χ2n) is 6.58. The van der Waals surface area contributed by atoms with Crippen molar-refractivity contribution in [2.45, 2.75) is 76.0 Å². The molecule has 2 saturated carbocycles. The summed E-state index contributed by atoms with van der Waals surface area (Å²) in [5, 5.41) is 6.23. The summed E-state index contributed by atoms with van der Waals surface area (Å²) in [6.45, 7) is 0. The van der Waals surface area contributed by atoms with Crippen LogP contribution in [0.1, 0.15) is 57.8 Å². The smallest absolute Gasteiger partial charge is 0.316 e. The number of nitrogens with zero attached hydrogens (tertiary/aromatic N) is 2. The molecule has 2 fully saturated rings. The first-order valence-corrected chi connectivity index (χ1v) is 8.80. The lowest BCUT2D eigenvalue weighted by Crippen LogP contribution is -2.48. The first-order valence-electron chi connectivity index (χ1n) is 8.80. The van der Waals surface area contributed by atoms with E-state index in [0.29, 0.717) is 12.1 Å². The lowest BCUT2D eigenvalue weighted by Gasteiger charge is -2.30. The van der Waals surface area contributed by atoms with Crippen molar-refractivity contribution in [2.75, 3.05) is 0 Å². The van der Waals surface area contributed by atoms with Gasteiger partial charge in [0, 0.05) is 24.5 Å². The van der Waals surface area contributed by atoms with Crippen molar-refractivity contribution in [1.82, 2.24) is 20.6 Å². The Balaban J connectivity index is 1.36. The van der Waals surface area contributed by atoms with Gasteiger partial charge in [-0.2, -0.15) is 0 Å². The molecule has 1 heterocycles. The number of hydrogen-bond donors (Lipinski definition) is 2. The van der Waals surface area contributed by atoms with Crippen LogP contribution in [0.5, 0.6) is 6.01 Å². The molecule has 0 unspecified atom stereocenters. The maximum atomic E-state index is 12.1. The Morgan fingerprint density at radius 2 is 1.52 bits per heavy atom. The van der Waals surface area contributed by atoms with Crippen LogP contribution in [0.2, 0.25) is 0 Å². The van der Waals surface area contributed by atoms with Crippen molar-refractivity contribution >= 4 is 6.03 Å². The van der Waals surface area contributed by atoms with Gasteiger partial charge in [0.25, 0.3) is 0 Å². The third-order valence-electron chi connectivity index (χ3n) is 4.76. The van der Waals surface area contributed by atoms with Crippen LogP contribution in [0.25, 0.3) is 0 Å². The highest BCUT2D eigenvalue weighted by atomic mass is 16.5. The standard InChI is InChI=1S/C17H26N4O2/c22-16(20-13-5-2-1-3-6-13)21-14-7-9-15(10-8-14)23-17-18-11-4-12-19-17/h4,11-15H,1-3,5-10H2,(H2,20,21,22). The molecule has 2 amide bonds. The van der Waals surface area contributed by atoms with Gasteiger partial charge in [-0.3, -0.25) is 0 Å². The van der Waals surface area contributed by atoms with E-state index in [1.807, 2.05) is 0 Å². The molecule has 0 radical (unpaired) electrons. The summed E-state index contributed by atoms with van der Waals surface area (Å²) >= 11 is 0. The molecule has 0 bridgehead atoms. The minimum Gasteiger partial charge on any atom is -0.460 e. The molecule has 0 atom stereocenters. The summed E-state index contributed by atoms with van der Waals surface area (Å²) in [5.74, 6) is 0. The first kappa shape index (κ1) is 16.0.